The molecule has 0 saturated carbocycles. The lowest BCUT2D eigenvalue weighted by Gasteiger charge is -2.18. The summed E-state index contributed by atoms with van der Waals surface area (Å²) in [6.45, 7) is 3.53. The zero-order chi connectivity index (χ0) is 11.7. The topological polar surface area (TPSA) is 64.3 Å². The van der Waals surface area contributed by atoms with Gasteiger partial charge in [0.25, 0.3) is 0 Å². The third-order valence-electron chi connectivity index (χ3n) is 3.57. The minimum atomic E-state index is 0.281. The van der Waals surface area contributed by atoms with Crippen molar-refractivity contribution in [1.29, 1.82) is 0 Å². The van der Waals surface area contributed by atoms with Crippen LogP contribution in [0, 0.1) is 0 Å². The van der Waals surface area contributed by atoms with Gasteiger partial charge < -0.3 is 15.4 Å². The van der Waals surface area contributed by atoms with E-state index in [1.54, 1.807) is 6.33 Å². The standard InChI is InChI=1S/C12H18N4O/c13-10-1-3-16(6-10)12-5-11(14-8-15-12)9-2-4-17-7-9/h5,8-10H,1-4,6-7,13H2. The van der Waals surface area contributed by atoms with Crippen LogP contribution in [0.4, 0.5) is 5.82 Å². The first-order valence-electron chi connectivity index (χ1n) is 6.23. The summed E-state index contributed by atoms with van der Waals surface area (Å²) in [6, 6.07) is 2.38. The number of hydrogen-bond donors (Lipinski definition) is 1. The van der Waals surface area contributed by atoms with Crippen molar-refractivity contribution in [3.8, 4) is 0 Å². The van der Waals surface area contributed by atoms with Gasteiger partial charge in [0.05, 0.1) is 12.3 Å². The van der Waals surface area contributed by atoms with Gasteiger partial charge in [0.1, 0.15) is 12.1 Å². The Kier molecular flexibility index (Phi) is 2.94. The molecule has 5 nitrogen and oxygen atoms in total. The van der Waals surface area contributed by atoms with Gasteiger partial charge >= 0.3 is 0 Å². The molecule has 3 rings (SSSR count). The van der Waals surface area contributed by atoms with Gasteiger partial charge in [-0.1, -0.05) is 0 Å². The van der Waals surface area contributed by atoms with Crippen molar-refractivity contribution >= 4 is 5.82 Å². The number of ether oxygens (including phenoxy) is 1. The summed E-state index contributed by atoms with van der Waals surface area (Å²) in [7, 11) is 0. The minimum absolute atomic E-state index is 0.281. The van der Waals surface area contributed by atoms with E-state index < -0.39 is 0 Å². The summed E-state index contributed by atoms with van der Waals surface area (Å²) in [4.78, 5) is 11.0. The largest absolute Gasteiger partial charge is 0.381 e. The number of hydrogen-bond acceptors (Lipinski definition) is 5. The molecule has 92 valence electrons. The molecular formula is C12H18N4O. The quantitative estimate of drug-likeness (QED) is 0.808. The van der Waals surface area contributed by atoms with Gasteiger partial charge in [0.15, 0.2) is 0 Å². The first-order chi connectivity index (χ1) is 8.33. The molecule has 0 radical (unpaired) electrons. The van der Waals surface area contributed by atoms with Crippen LogP contribution in [0.25, 0.3) is 0 Å². The fraction of sp³-hybridized carbons (Fsp3) is 0.667. The Balaban J connectivity index is 1.78. The summed E-state index contributed by atoms with van der Waals surface area (Å²) in [6.07, 6.45) is 3.77. The molecule has 2 atom stereocenters. The van der Waals surface area contributed by atoms with Gasteiger partial charge in [-0.25, -0.2) is 9.97 Å². The number of rotatable bonds is 2. The number of anilines is 1. The van der Waals surface area contributed by atoms with E-state index in [1.165, 1.54) is 0 Å². The Morgan fingerprint density at radius 3 is 3.00 bits per heavy atom. The van der Waals surface area contributed by atoms with Gasteiger partial charge in [-0.3, -0.25) is 0 Å². The Bertz CT molecular complexity index is 392. The number of nitrogens with two attached hydrogens (primary N) is 1. The second kappa shape index (κ2) is 4.58. The van der Waals surface area contributed by atoms with E-state index in [0.717, 1.165) is 50.7 Å². The lowest BCUT2D eigenvalue weighted by molar-refractivity contribution is 0.193. The summed E-state index contributed by atoms with van der Waals surface area (Å²) in [5.41, 5.74) is 7.02. The molecule has 2 saturated heterocycles. The fourth-order valence-corrected chi connectivity index (χ4v) is 2.52. The van der Waals surface area contributed by atoms with Crippen LogP contribution < -0.4 is 10.6 Å². The predicted octanol–water partition coefficient (Wildman–Crippen LogP) is 0.518. The van der Waals surface area contributed by atoms with Crippen molar-refractivity contribution in [2.75, 3.05) is 31.2 Å². The van der Waals surface area contributed by atoms with Crippen molar-refractivity contribution in [2.24, 2.45) is 5.73 Å². The summed E-state index contributed by atoms with van der Waals surface area (Å²) in [5, 5.41) is 0. The highest BCUT2D eigenvalue weighted by Gasteiger charge is 2.23. The van der Waals surface area contributed by atoms with Crippen LogP contribution in [0.3, 0.4) is 0 Å². The Morgan fingerprint density at radius 1 is 1.35 bits per heavy atom. The van der Waals surface area contributed by atoms with Gasteiger partial charge in [-0.05, 0) is 12.8 Å². The number of aromatic nitrogens is 2. The smallest absolute Gasteiger partial charge is 0.132 e. The zero-order valence-corrected chi connectivity index (χ0v) is 9.88. The van der Waals surface area contributed by atoms with Crippen molar-refractivity contribution in [3.05, 3.63) is 18.1 Å². The van der Waals surface area contributed by atoms with Gasteiger partial charge in [-0.15, -0.1) is 0 Å². The maximum Gasteiger partial charge on any atom is 0.132 e. The highest BCUT2D eigenvalue weighted by Crippen LogP contribution is 2.26. The maximum atomic E-state index is 5.92. The highest BCUT2D eigenvalue weighted by atomic mass is 16.5. The average molecular weight is 234 g/mol. The lowest BCUT2D eigenvalue weighted by Crippen LogP contribution is -2.27. The molecule has 2 aliphatic heterocycles. The Morgan fingerprint density at radius 2 is 2.29 bits per heavy atom. The maximum absolute atomic E-state index is 5.92. The summed E-state index contributed by atoms with van der Waals surface area (Å²) in [5.74, 6) is 1.45. The van der Waals surface area contributed by atoms with Crippen LogP contribution >= 0.6 is 0 Å². The summed E-state index contributed by atoms with van der Waals surface area (Å²) < 4.78 is 5.40. The van der Waals surface area contributed by atoms with E-state index >= 15 is 0 Å². The third kappa shape index (κ3) is 2.25. The number of nitrogens with zero attached hydrogens (tertiary/aromatic N) is 3. The van der Waals surface area contributed by atoms with Crippen LogP contribution in [0.15, 0.2) is 12.4 Å². The van der Waals surface area contributed by atoms with Crippen molar-refractivity contribution in [1.82, 2.24) is 9.97 Å². The zero-order valence-electron chi connectivity index (χ0n) is 9.88. The first-order valence-corrected chi connectivity index (χ1v) is 6.23. The Hall–Kier alpha value is -1.20. The molecule has 2 fully saturated rings. The first kappa shape index (κ1) is 10.9. The molecule has 2 aliphatic rings. The Labute approximate surface area is 101 Å². The lowest BCUT2D eigenvalue weighted by atomic mass is 10.0. The minimum Gasteiger partial charge on any atom is -0.381 e. The molecule has 17 heavy (non-hydrogen) atoms. The molecule has 1 aromatic heterocycles. The molecule has 2 unspecified atom stereocenters. The molecule has 5 heteroatoms. The molecule has 1 aromatic rings. The van der Waals surface area contributed by atoms with Gasteiger partial charge in [-0.2, -0.15) is 0 Å². The van der Waals surface area contributed by atoms with Crippen LogP contribution in [-0.2, 0) is 4.74 Å². The van der Waals surface area contributed by atoms with E-state index in [9.17, 15) is 0 Å². The van der Waals surface area contributed by atoms with Crippen LogP contribution in [0.5, 0.6) is 0 Å². The van der Waals surface area contributed by atoms with E-state index in [-0.39, 0.29) is 6.04 Å². The molecule has 0 bridgehead atoms. The van der Waals surface area contributed by atoms with E-state index in [0.29, 0.717) is 5.92 Å². The molecule has 0 aromatic carbocycles. The average Bonchev–Trinajstić information content (AvgIpc) is 3.00. The summed E-state index contributed by atoms with van der Waals surface area (Å²) >= 11 is 0. The van der Waals surface area contributed by atoms with Crippen molar-refractivity contribution < 1.29 is 4.74 Å². The molecule has 0 amide bonds. The molecule has 2 N–H and O–H groups in total. The van der Waals surface area contributed by atoms with Crippen molar-refractivity contribution in [2.45, 2.75) is 24.8 Å². The molecular weight excluding hydrogens is 216 g/mol. The van der Waals surface area contributed by atoms with Gasteiger partial charge in [0.2, 0.25) is 0 Å². The second-order valence-corrected chi connectivity index (χ2v) is 4.86. The van der Waals surface area contributed by atoms with E-state index in [4.69, 9.17) is 10.5 Å². The monoisotopic (exact) mass is 234 g/mol. The normalized spacial score (nSPS) is 28.9. The highest BCUT2D eigenvalue weighted by molar-refractivity contribution is 5.41. The van der Waals surface area contributed by atoms with E-state index in [2.05, 4.69) is 20.9 Å². The van der Waals surface area contributed by atoms with Crippen molar-refractivity contribution in [3.63, 3.8) is 0 Å². The van der Waals surface area contributed by atoms with Crippen LogP contribution in [0.1, 0.15) is 24.5 Å². The molecule has 3 heterocycles. The van der Waals surface area contributed by atoms with E-state index in [1.807, 2.05) is 0 Å². The van der Waals surface area contributed by atoms with Crippen LogP contribution in [-0.4, -0.2) is 42.3 Å². The SMILES string of the molecule is NC1CCN(c2cc(C3CCOC3)ncn2)C1. The predicted molar refractivity (Wildman–Crippen MR) is 65.0 cm³/mol. The molecule has 0 spiro atoms. The third-order valence-corrected chi connectivity index (χ3v) is 3.57. The fourth-order valence-electron chi connectivity index (χ4n) is 2.52. The second-order valence-electron chi connectivity index (χ2n) is 4.86. The molecule has 0 aliphatic carbocycles. The van der Waals surface area contributed by atoms with Gasteiger partial charge in [0, 0.05) is 37.7 Å². The van der Waals surface area contributed by atoms with Crippen LogP contribution in [0.2, 0.25) is 0 Å².